The highest BCUT2D eigenvalue weighted by atomic mass is 127. The molecule has 0 fully saturated rings. The van der Waals surface area contributed by atoms with Crippen LogP contribution in [0, 0.1) is 0 Å². The summed E-state index contributed by atoms with van der Waals surface area (Å²) in [4.78, 5) is 45.4. The van der Waals surface area contributed by atoms with Crippen molar-refractivity contribution in [1.82, 2.24) is 21.3 Å². The molecule has 0 radical (unpaired) electrons. The highest BCUT2D eigenvalue weighted by molar-refractivity contribution is 14.1. The molecule has 0 aliphatic carbocycles. The molecular weight excluding hydrogens is 475 g/mol. The Morgan fingerprint density at radius 1 is 0.815 bits per heavy atom. The molecule has 0 aromatic carbocycles. The van der Waals surface area contributed by atoms with E-state index in [4.69, 9.17) is 0 Å². The van der Waals surface area contributed by atoms with Gasteiger partial charge in [0.05, 0.1) is 17.0 Å². The second-order valence-electron chi connectivity index (χ2n) is 5.53. The number of hydrogen-bond donors (Lipinski definition) is 7. The van der Waals surface area contributed by atoms with Gasteiger partial charge in [-0.3, -0.25) is 19.2 Å². The molecule has 11 nitrogen and oxygen atoms in total. The average Bonchev–Trinajstić information content (AvgIpc) is 2.66. The fraction of sp³-hybridized carbons (Fsp3) is 0.733. The molecule has 0 spiro atoms. The summed E-state index contributed by atoms with van der Waals surface area (Å²) in [6.07, 6.45) is -5.68. The van der Waals surface area contributed by atoms with E-state index in [-0.39, 0.29) is 38.0 Å². The fourth-order valence-corrected chi connectivity index (χ4v) is 2.09. The van der Waals surface area contributed by atoms with E-state index in [2.05, 4.69) is 21.3 Å². The molecule has 3 atom stereocenters. The van der Waals surface area contributed by atoms with E-state index < -0.39 is 36.5 Å². The number of rotatable bonds is 13. The number of aliphatic hydroxyl groups excluding tert-OH is 3. The van der Waals surface area contributed by atoms with Crippen LogP contribution in [-0.4, -0.2) is 87.9 Å². The Morgan fingerprint density at radius 2 is 1.30 bits per heavy atom. The average molecular weight is 502 g/mol. The third kappa shape index (κ3) is 11.7. The van der Waals surface area contributed by atoms with Gasteiger partial charge < -0.3 is 36.6 Å². The fourth-order valence-electron chi connectivity index (χ4n) is 1.82. The topological polar surface area (TPSA) is 177 Å². The zero-order chi connectivity index (χ0) is 20.8. The Morgan fingerprint density at radius 3 is 1.81 bits per heavy atom. The van der Waals surface area contributed by atoms with Crippen molar-refractivity contribution in [2.75, 3.05) is 30.6 Å². The SMILES string of the molecule is CCC(=O)NCCNC(=O)[C@@H](O)[C@H](O)[C@H](O)CC(=O)NCCNC(=O)CI. The second-order valence-corrected chi connectivity index (χ2v) is 6.30. The minimum absolute atomic E-state index is 0.0356. The van der Waals surface area contributed by atoms with Crippen LogP contribution in [-0.2, 0) is 19.2 Å². The summed E-state index contributed by atoms with van der Waals surface area (Å²) < 4.78 is 0.293. The number of hydrogen-bond acceptors (Lipinski definition) is 7. The molecule has 0 unspecified atom stereocenters. The summed E-state index contributed by atoms with van der Waals surface area (Å²) in [5.41, 5.74) is 0. The Hall–Kier alpha value is -1.51. The number of aliphatic hydroxyl groups is 3. The number of carbonyl (C=O) groups is 4. The predicted octanol–water partition coefficient (Wildman–Crippen LogP) is -3.23. The molecule has 0 saturated heterocycles. The van der Waals surface area contributed by atoms with Crippen LogP contribution >= 0.6 is 22.6 Å². The molecular formula is C15H27IN4O7. The summed E-state index contributed by atoms with van der Waals surface area (Å²) in [6, 6.07) is 0. The largest absolute Gasteiger partial charge is 0.390 e. The van der Waals surface area contributed by atoms with Crippen molar-refractivity contribution < 1.29 is 34.5 Å². The third-order valence-electron chi connectivity index (χ3n) is 3.34. The Labute approximate surface area is 170 Å². The van der Waals surface area contributed by atoms with E-state index in [0.717, 1.165) is 0 Å². The Bertz CT molecular complexity index is 507. The summed E-state index contributed by atoms with van der Waals surface area (Å²) in [7, 11) is 0. The van der Waals surface area contributed by atoms with Gasteiger partial charge in [0.2, 0.25) is 17.7 Å². The van der Waals surface area contributed by atoms with Crippen molar-refractivity contribution in [3.05, 3.63) is 0 Å². The highest BCUT2D eigenvalue weighted by Crippen LogP contribution is 2.05. The van der Waals surface area contributed by atoms with Crippen molar-refractivity contribution in [3.63, 3.8) is 0 Å². The zero-order valence-corrected chi connectivity index (χ0v) is 17.2. The maximum atomic E-state index is 11.7. The standard InChI is InChI=1S/C15H27IN4O7/c1-2-10(22)17-5-6-20-15(27)14(26)13(25)9(21)7-11(23)18-3-4-19-12(24)8-16/h9,13-14,21,25-26H,2-8H2,1H3,(H,17,22)(H,18,23)(H,19,24)(H,20,27)/t9-,13-,14+/m1/s1. The molecule has 0 aliphatic rings. The van der Waals surface area contributed by atoms with Gasteiger partial charge in [0.15, 0.2) is 6.10 Å². The van der Waals surface area contributed by atoms with Crippen LogP contribution in [0.3, 0.4) is 0 Å². The van der Waals surface area contributed by atoms with Gasteiger partial charge in [-0.15, -0.1) is 0 Å². The predicted molar refractivity (Wildman–Crippen MR) is 104 cm³/mol. The van der Waals surface area contributed by atoms with Crippen LogP contribution in [0.5, 0.6) is 0 Å². The highest BCUT2D eigenvalue weighted by Gasteiger charge is 2.31. The minimum Gasteiger partial charge on any atom is -0.390 e. The van der Waals surface area contributed by atoms with E-state index in [1.807, 2.05) is 22.6 Å². The molecule has 7 N–H and O–H groups in total. The molecule has 4 amide bonds. The molecule has 27 heavy (non-hydrogen) atoms. The Balaban J connectivity index is 4.12. The van der Waals surface area contributed by atoms with Crippen LogP contribution in [0.15, 0.2) is 0 Å². The van der Waals surface area contributed by atoms with Crippen LogP contribution < -0.4 is 21.3 Å². The van der Waals surface area contributed by atoms with Gasteiger partial charge in [-0.25, -0.2) is 0 Å². The lowest BCUT2D eigenvalue weighted by Gasteiger charge is -2.22. The molecule has 0 bridgehead atoms. The summed E-state index contributed by atoms with van der Waals surface area (Å²) >= 11 is 1.89. The molecule has 0 aromatic rings. The molecule has 0 rings (SSSR count). The van der Waals surface area contributed by atoms with Gasteiger partial charge in [-0.05, 0) is 0 Å². The normalized spacial score (nSPS) is 13.8. The molecule has 0 saturated carbocycles. The second kappa shape index (κ2) is 14.5. The Kier molecular flexibility index (Phi) is 13.7. The molecule has 0 aliphatic heterocycles. The van der Waals surface area contributed by atoms with Crippen molar-refractivity contribution >= 4 is 46.2 Å². The van der Waals surface area contributed by atoms with Gasteiger partial charge in [-0.1, -0.05) is 29.5 Å². The number of alkyl halides is 1. The molecule has 0 heterocycles. The van der Waals surface area contributed by atoms with Crippen molar-refractivity contribution in [2.24, 2.45) is 0 Å². The summed E-state index contributed by atoms with van der Waals surface area (Å²) in [6.45, 7) is 2.21. The number of nitrogens with one attached hydrogen (secondary N) is 4. The smallest absolute Gasteiger partial charge is 0.251 e. The monoisotopic (exact) mass is 502 g/mol. The molecule has 0 aromatic heterocycles. The van der Waals surface area contributed by atoms with Crippen molar-refractivity contribution in [1.29, 1.82) is 0 Å². The number of carbonyl (C=O) groups excluding carboxylic acids is 4. The first-order valence-electron chi connectivity index (χ1n) is 8.40. The van der Waals surface area contributed by atoms with E-state index >= 15 is 0 Å². The maximum absolute atomic E-state index is 11.7. The maximum Gasteiger partial charge on any atom is 0.251 e. The van der Waals surface area contributed by atoms with Crippen LogP contribution in [0.1, 0.15) is 19.8 Å². The van der Waals surface area contributed by atoms with Gasteiger partial charge in [0.1, 0.15) is 6.10 Å². The van der Waals surface area contributed by atoms with Gasteiger partial charge in [0, 0.05) is 32.6 Å². The van der Waals surface area contributed by atoms with E-state index in [1.165, 1.54) is 0 Å². The molecule has 12 heteroatoms. The van der Waals surface area contributed by atoms with Crippen molar-refractivity contribution in [2.45, 2.75) is 38.1 Å². The van der Waals surface area contributed by atoms with Gasteiger partial charge in [-0.2, -0.15) is 0 Å². The van der Waals surface area contributed by atoms with E-state index in [1.54, 1.807) is 6.92 Å². The number of halogens is 1. The summed E-state index contributed by atoms with van der Waals surface area (Å²) in [5, 5.41) is 39.1. The minimum atomic E-state index is -1.93. The first-order chi connectivity index (χ1) is 12.7. The lowest BCUT2D eigenvalue weighted by Crippen LogP contribution is -2.49. The van der Waals surface area contributed by atoms with Crippen molar-refractivity contribution in [3.8, 4) is 0 Å². The molecule has 156 valence electrons. The van der Waals surface area contributed by atoms with E-state index in [0.29, 0.717) is 10.8 Å². The van der Waals surface area contributed by atoms with Crippen LogP contribution in [0.4, 0.5) is 0 Å². The van der Waals surface area contributed by atoms with E-state index in [9.17, 15) is 34.5 Å². The first kappa shape index (κ1) is 25.5. The number of amides is 4. The lowest BCUT2D eigenvalue weighted by atomic mass is 10.0. The lowest BCUT2D eigenvalue weighted by molar-refractivity contribution is -0.143. The third-order valence-corrected chi connectivity index (χ3v) is 4.03. The summed E-state index contributed by atoms with van der Waals surface area (Å²) in [5.74, 6) is -1.92. The van der Waals surface area contributed by atoms with Gasteiger partial charge in [0.25, 0.3) is 5.91 Å². The quantitative estimate of drug-likeness (QED) is 0.0787. The van der Waals surface area contributed by atoms with Crippen LogP contribution in [0.2, 0.25) is 0 Å². The van der Waals surface area contributed by atoms with Gasteiger partial charge >= 0.3 is 0 Å². The first-order valence-corrected chi connectivity index (χ1v) is 9.93. The zero-order valence-electron chi connectivity index (χ0n) is 15.0. The van der Waals surface area contributed by atoms with Crippen LogP contribution in [0.25, 0.3) is 0 Å².